The van der Waals surface area contributed by atoms with Crippen LogP contribution in [0.25, 0.3) is 0 Å². The Balaban J connectivity index is 1.99. The number of aromatic hydroxyl groups is 2. The van der Waals surface area contributed by atoms with Crippen molar-refractivity contribution in [1.82, 2.24) is 0 Å². The number of unbranched alkanes of at least 4 members (excludes halogenated alkanes) is 1. The van der Waals surface area contributed by atoms with E-state index in [4.69, 9.17) is 4.74 Å². The minimum atomic E-state index is -0.169. The molecule has 2 aromatic carbocycles. The molecule has 0 aromatic heterocycles. The zero-order chi connectivity index (χ0) is 20.4. The minimum Gasteiger partial charge on any atom is -0.508 e. The maximum Gasteiger partial charge on any atom is 0.305 e. The van der Waals surface area contributed by atoms with E-state index in [9.17, 15) is 15.0 Å². The Hall–Kier alpha value is -2.49. The highest BCUT2D eigenvalue weighted by Gasteiger charge is 2.18. The monoisotopic (exact) mass is 384 g/mol. The summed E-state index contributed by atoms with van der Waals surface area (Å²) in [5.74, 6) is 0.692. The maximum atomic E-state index is 12.3. The van der Waals surface area contributed by atoms with Gasteiger partial charge in [0.05, 0.1) is 6.61 Å². The summed E-state index contributed by atoms with van der Waals surface area (Å²) in [6, 6.07) is 14.1. The van der Waals surface area contributed by atoms with Crippen LogP contribution in [0.3, 0.4) is 0 Å². The Bertz CT molecular complexity index is 661. The molecule has 152 valence electrons. The van der Waals surface area contributed by atoms with Crippen molar-refractivity contribution < 1.29 is 19.7 Å². The van der Waals surface area contributed by atoms with Crippen molar-refractivity contribution in [2.45, 2.75) is 58.3 Å². The van der Waals surface area contributed by atoms with E-state index in [1.54, 1.807) is 24.3 Å². The molecule has 2 rings (SSSR count). The molecular weight excluding hydrogens is 352 g/mol. The Morgan fingerprint density at radius 3 is 1.89 bits per heavy atom. The molecule has 4 heteroatoms. The van der Waals surface area contributed by atoms with Crippen LogP contribution in [0, 0.1) is 5.92 Å². The van der Waals surface area contributed by atoms with Crippen LogP contribution in [-0.2, 0) is 9.53 Å². The second-order valence-electron chi connectivity index (χ2n) is 7.37. The van der Waals surface area contributed by atoms with E-state index < -0.39 is 0 Å². The average molecular weight is 385 g/mol. The Kier molecular flexibility index (Phi) is 8.86. The smallest absolute Gasteiger partial charge is 0.305 e. The van der Waals surface area contributed by atoms with Crippen molar-refractivity contribution in [2.75, 3.05) is 6.61 Å². The SMILES string of the molecule is CCCCC(CC)COC(=O)CCC(c1ccc(O)cc1)c1ccc(O)cc1. The van der Waals surface area contributed by atoms with Crippen molar-refractivity contribution in [3.63, 3.8) is 0 Å². The van der Waals surface area contributed by atoms with Gasteiger partial charge in [-0.3, -0.25) is 4.79 Å². The first-order valence-electron chi connectivity index (χ1n) is 10.3. The topological polar surface area (TPSA) is 66.8 Å². The molecule has 2 aromatic rings. The minimum absolute atomic E-state index is 0.00388. The lowest BCUT2D eigenvalue weighted by Crippen LogP contribution is -2.15. The lowest BCUT2D eigenvalue weighted by Gasteiger charge is -2.19. The highest BCUT2D eigenvalue weighted by atomic mass is 16.5. The van der Waals surface area contributed by atoms with Gasteiger partial charge >= 0.3 is 5.97 Å². The van der Waals surface area contributed by atoms with Crippen LogP contribution >= 0.6 is 0 Å². The molecule has 0 aliphatic rings. The molecule has 4 nitrogen and oxygen atoms in total. The second-order valence-corrected chi connectivity index (χ2v) is 7.37. The fourth-order valence-corrected chi connectivity index (χ4v) is 3.38. The summed E-state index contributed by atoms with van der Waals surface area (Å²) >= 11 is 0. The summed E-state index contributed by atoms with van der Waals surface area (Å²) in [7, 11) is 0. The van der Waals surface area contributed by atoms with Gasteiger partial charge in [0.15, 0.2) is 0 Å². The molecule has 0 radical (unpaired) electrons. The summed E-state index contributed by atoms with van der Waals surface area (Å²) in [5.41, 5.74) is 2.04. The van der Waals surface area contributed by atoms with Crippen molar-refractivity contribution >= 4 is 5.97 Å². The quantitative estimate of drug-likeness (QED) is 0.483. The number of hydrogen-bond acceptors (Lipinski definition) is 4. The number of carbonyl (C=O) groups excluding carboxylic acids is 1. The van der Waals surface area contributed by atoms with Crippen molar-refractivity contribution in [3.8, 4) is 11.5 Å². The van der Waals surface area contributed by atoms with E-state index in [0.717, 1.165) is 30.4 Å². The summed E-state index contributed by atoms with van der Waals surface area (Å²) in [5, 5.41) is 19.1. The van der Waals surface area contributed by atoms with Crippen LogP contribution in [-0.4, -0.2) is 22.8 Å². The third kappa shape index (κ3) is 6.91. The van der Waals surface area contributed by atoms with Crippen LogP contribution in [0.4, 0.5) is 0 Å². The van der Waals surface area contributed by atoms with E-state index in [0.29, 0.717) is 25.4 Å². The number of phenols is 2. The molecule has 28 heavy (non-hydrogen) atoms. The third-order valence-corrected chi connectivity index (χ3v) is 5.25. The first-order valence-corrected chi connectivity index (χ1v) is 10.3. The molecule has 0 aliphatic carbocycles. The predicted molar refractivity (Wildman–Crippen MR) is 112 cm³/mol. The van der Waals surface area contributed by atoms with Crippen LogP contribution in [0.2, 0.25) is 0 Å². The highest BCUT2D eigenvalue weighted by Crippen LogP contribution is 2.31. The van der Waals surface area contributed by atoms with Crippen molar-refractivity contribution in [3.05, 3.63) is 59.7 Å². The molecule has 0 bridgehead atoms. The first-order chi connectivity index (χ1) is 13.5. The summed E-state index contributed by atoms with van der Waals surface area (Å²) in [6.07, 6.45) is 5.39. The number of rotatable bonds is 11. The standard InChI is InChI=1S/C24H32O4/c1-3-5-6-18(4-2)17-28-24(27)16-15-23(19-7-11-21(25)12-8-19)20-9-13-22(26)14-10-20/h7-14,18,23,25-26H,3-6,15-17H2,1-2H3. The van der Waals surface area contributed by atoms with Gasteiger partial charge in [-0.1, -0.05) is 57.4 Å². The fraction of sp³-hybridized carbons (Fsp3) is 0.458. The van der Waals surface area contributed by atoms with E-state index in [1.807, 2.05) is 24.3 Å². The number of carbonyl (C=O) groups is 1. The summed E-state index contributed by atoms with van der Waals surface area (Å²) in [4.78, 5) is 12.3. The average Bonchev–Trinajstić information content (AvgIpc) is 2.71. The number of esters is 1. The molecule has 2 N–H and O–H groups in total. The summed E-state index contributed by atoms with van der Waals surface area (Å²) < 4.78 is 5.53. The lowest BCUT2D eigenvalue weighted by molar-refractivity contribution is -0.145. The van der Waals surface area contributed by atoms with Crippen LogP contribution in [0.5, 0.6) is 11.5 Å². The van der Waals surface area contributed by atoms with Gasteiger partial charge in [-0.25, -0.2) is 0 Å². The fourth-order valence-electron chi connectivity index (χ4n) is 3.38. The number of benzene rings is 2. The predicted octanol–water partition coefficient (Wildman–Crippen LogP) is 5.77. The third-order valence-electron chi connectivity index (χ3n) is 5.25. The summed E-state index contributed by atoms with van der Waals surface area (Å²) in [6.45, 7) is 4.81. The molecule has 0 amide bonds. The molecule has 0 fully saturated rings. The Morgan fingerprint density at radius 2 is 1.43 bits per heavy atom. The Labute approximate surface area is 168 Å². The maximum absolute atomic E-state index is 12.3. The molecule has 0 saturated heterocycles. The van der Waals surface area contributed by atoms with E-state index >= 15 is 0 Å². The second kappa shape index (κ2) is 11.4. The molecule has 0 saturated carbocycles. The first kappa shape index (κ1) is 21.8. The van der Waals surface area contributed by atoms with Crippen LogP contribution < -0.4 is 0 Å². The molecule has 0 aliphatic heterocycles. The van der Waals surface area contributed by atoms with Crippen molar-refractivity contribution in [1.29, 1.82) is 0 Å². The van der Waals surface area contributed by atoms with Gasteiger partial charge < -0.3 is 14.9 Å². The number of phenolic OH excluding ortho intramolecular Hbond substituents is 2. The zero-order valence-corrected chi connectivity index (χ0v) is 16.9. The molecular formula is C24H32O4. The molecule has 0 heterocycles. The normalized spacial score (nSPS) is 12.1. The highest BCUT2D eigenvalue weighted by molar-refractivity contribution is 5.69. The van der Waals surface area contributed by atoms with Gasteiger partial charge in [0, 0.05) is 12.3 Å². The molecule has 0 spiro atoms. The Morgan fingerprint density at radius 1 is 0.893 bits per heavy atom. The van der Waals surface area contributed by atoms with Gasteiger partial charge in [-0.15, -0.1) is 0 Å². The zero-order valence-electron chi connectivity index (χ0n) is 16.9. The van der Waals surface area contributed by atoms with E-state index in [-0.39, 0.29) is 23.4 Å². The molecule has 1 unspecified atom stereocenters. The largest absolute Gasteiger partial charge is 0.508 e. The molecule has 1 atom stereocenters. The number of hydrogen-bond donors (Lipinski definition) is 2. The van der Waals surface area contributed by atoms with E-state index in [2.05, 4.69) is 13.8 Å². The van der Waals surface area contributed by atoms with Gasteiger partial charge in [0.25, 0.3) is 0 Å². The van der Waals surface area contributed by atoms with Gasteiger partial charge in [0.2, 0.25) is 0 Å². The van der Waals surface area contributed by atoms with Gasteiger partial charge in [-0.05, 0) is 54.2 Å². The van der Waals surface area contributed by atoms with Crippen LogP contribution in [0.15, 0.2) is 48.5 Å². The van der Waals surface area contributed by atoms with Gasteiger partial charge in [0.1, 0.15) is 11.5 Å². The number of ether oxygens (including phenoxy) is 1. The van der Waals surface area contributed by atoms with Crippen molar-refractivity contribution in [2.24, 2.45) is 5.92 Å². The van der Waals surface area contributed by atoms with Gasteiger partial charge in [-0.2, -0.15) is 0 Å². The lowest BCUT2D eigenvalue weighted by atomic mass is 9.87. The van der Waals surface area contributed by atoms with Crippen LogP contribution in [0.1, 0.15) is 69.4 Å². The van der Waals surface area contributed by atoms with E-state index in [1.165, 1.54) is 6.42 Å².